The Morgan fingerprint density at radius 3 is 2.75 bits per heavy atom. The van der Waals surface area contributed by atoms with Gasteiger partial charge in [-0.05, 0) is 19.4 Å². The molecule has 0 unspecified atom stereocenters. The largest absolute Gasteiger partial charge is 0.331 e. The highest BCUT2D eigenvalue weighted by molar-refractivity contribution is 7.13. The molecule has 1 aromatic carbocycles. The van der Waals surface area contributed by atoms with Gasteiger partial charge in [0.25, 0.3) is 5.91 Å². The van der Waals surface area contributed by atoms with Gasteiger partial charge < -0.3 is 9.47 Å². The minimum Gasteiger partial charge on any atom is -0.331 e. The molecule has 0 saturated carbocycles. The van der Waals surface area contributed by atoms with Crippen molar-refractivity contribution in [3.05, 3.63) is 69.7 Å². The fraction of sp³-hybridized carbons (Fsp3) is 0.278. The van der Waals surface area contributed by atoms with Gasteiger partial charge >= 0.3 is 0 Å². The molecule has 5 nitrogen and oxygen atoms in total. The van der Waals surface area contributed by atoms with Crippen molar-refractivity contribution in [2.75, 3.05) is 0 Å². The second-order valence-corrected chi connectivity index (χ2v) is 7.21. The van der Waals surface area contributed by atoms with Gasteiger partial charge in [-0.2, -0.15) is 0 Å². The zero-order valence-corrected chi connectivity index (χ0v) is 14.5. The first-order chi connectivity index (χ1) is 11.6. The van der Waals surface area contributed by atoms with Gasteiger partial charge in [-0.25, -0.2) is 9.97 Å². The minimum absolute atomic E-state index is 0.00204. The molecule has 1 aliphatic heterocycles. The summed E-state index contributed by atoms with van der Waals surface area (Å²) in [6.45, 7) is 5.08. The lowest BCUT2D eigenvalue weighted by molar-refractivity contribution is 0.0588. The number of rotatable bonds is 2. The fourth-order valence-electron chi connectivity index (χ4n) is 3.24. The van der Waals surface area contributed by atoms with Crippen LogP contribution in [0.2, 0.25) is 0 Å². The molecular weight excluding hydrogens is 320 g/mol. The van der Waals surface area contributed by atoms with Gasteiger partial charge in [-0.15, -0.1) is 11.3 Å². The van der Waals surface area contributed by atoms with Gasteiger partial charge in [-0.3, -0.25) is 4.79 Å². The summed E-state index contributed by atoms with van der Waals surface area (Å²) in [4.78, 5) is 24.7. The third-order valence-corrected chi connectivity index (χ3v) is 5.46. The summed E-state index contributed by atoms with van der Waals surface area (Å²) in [5.74, 6) is 0.968. The van der Waals surface area contributed by atoms with E-state index in [1.807, 2.05) is 43.1 Å². The first kappa shape index (κ1) is 15.1. The summed E-state index contributed by atoms with van der Waals surface area (Å²) in [6.07, 6.45) is 3.78. The molecule has 0 aliphatic carbocycles. The molecule has 4 rings (SSSR count). The molecule has 0 saturated heterocycles. The van der Waals surface area contributed by atoms with Crippen molar-refractivity contribution >= 4 is 17.2 Å². The highest BCUT2D eigenvalue weighted by atomic mass is 32.1. The first-order valence-corrected chi connectivity index (χ1v) is 8.75. The molecule has 0 spiro atoms. The number of imidazole rings is 1. The quantitative estimate of drug-likeness (QED) is 0.720. The topological polar surface area (TPSA) is 51.0 Å². The van der Waals surface area contributed by atoms with Crippen LogP contribution in [0.25, 0.3) is 0 Å². The summed E-state index contributed by atoms with van der Waals surface area (Å²) < 4.78 is 2.13. The van der Waals surface area contributed by atoms with Gasteiger partial charge in [0, 0.05) is 18.9 Å². The van der Waals surface area contributed by atoms with Crippen LogP contribution in [0, 0.1) is 13.8 Å². The smallest absolute Gasteiger partial charge is 0.266 e. The number of nitrogens with zero attached hydrogens (tertiary/aromatic N) is 4. The average Bonchev–Trinajstić information content (AvgIpc) is 3.19. The number of benzene rings is 1. The highest BCUT2D eigenvalue weighted by Crippen LogP contribution is 2.32. The van der Waals surface area contributed by atoms with E-state index in [2.05, 4.69) is 26.7 Å². The van der Waals surface area contributed by atoms with E-state index < -0.39 is 0 Å². The lowest BCUT2D eigenvalue weighted by atomic mass is 10.0. The van der Waals surface area contributed by atoms with Crippen LogP contribution in [-0.4, -0.2) is 25.3 Å². The number of amides is 1. The molecule has 0 radical (unpaired) electrons. The molecule has 1 aliphatic rings. The lowest BCUT2D eigenvalue weighted by Crippen LogP contribution is -2.41. The summed E-state index contributed by atoms with van der Waals surface area (Å²) in [5, 5.41) is 0.922. The molecule has 1 amide bonds. The first-order valence-electron chi connectivity index (χ1n) is 7.93. The Hall–Kier alpha value is -2.47. The van der Waals surface area contributed by atoms with Crippen LogP contribution >= 0.6 is 11.3 Å². The molecule has 122 valence electrons. The van der Waals surface area contributed by atoms with Crippen LogP contribution in [0.5, 0.6) is 0 Å². The Bertz CT molecular complexity index is 884. The maximum Gasteiger partial charge on any atom is 0.266 e. The second-order valence-electron chi connectivity index (χ2n) is 6.00. The maximum atomic E-state index is 13.2. The molecule has 24 heavy (non-hydrogen) atoms. The Labute approximate surface area is 144 Å². The monoisotopic (exact) mass is 338 g/mol. The van der Waals surface area contributed by atoms with Gasteiger partial charge in [-0.1, -0.05) is 30.3 Å². The molecule has 0 fully saturated rings. The van der Waals surface area contributed by atoms with E-state index in [0.29, 0.717) is 6.54 Å². The number of carbonyl (C=O) groups is 1. The second kappa shape index (κ2) is 5.87. The third kappa shape index (κ3) is 2.53. The van der Waals surface area contributed by atoms with Crippen molar-refractivity contribution in [2.24, 2.45) is 0 Å². The summed E-state index contributed by atoms with van der Waals surface area (Å²) in [5.41, 5.74) is 1.95. The fourth-order valence-corrected chi connectivity index (χ4v) is 4.12. The number of hydrogen-bond donors (Lipinski definition) is 0. The van der Waals surface area contributed by atoms with Crippen molar-refractivity contribution in [1.29, 1.82) is 0 Å². The van der Waals surface area contributed by atoms with Crippen LogP contribution in [0.1, 0.15) is 37.8 Å². The molecule has 3 aromatic rings. The van der Waals surface area contributed by atoms with E-state index in [1.165, 1.54) is 11.3 Å². The van der Waals surface area contributed by atoms with E-state index in [9.17, 15) is 4.79 Å². The van der Waals surface area contributed by atoms with E-state index in [1.54, 1.807) is 6.20 Å². The van der Waals surface area contributed by atoms with E-state index in [0.717, 1.165) is 33.5 Å². The molecule has 2 aromatic heterocycles. The van der Waals surface area contributed by atoms with E-state index >= 15 is 0 Å². The predicted molar refractivity (Wildman–Crippen MR) is 92.9 cm³/mol. The zero-order chi connectivity index (χ0) is 16.7. The van der Waals surface area contributed by atoms with Crippen molar-refractivity contribution in [2.45, 2.75) is 33.0 Å². The molecule has 0 N–H and O–H groups in total. The predicted octanol–water partition coefficient (Wildman–Crippen LogP) is 3.35. The third-order valence-electron chi connectivity index (χ3n) is 4.40. The normalized spacial score (nSPS) is 16.9. The number of thiazole rings is 1. The molecule has 0 bridgehead atoms. The Morgan fingerprint density at radius 2 is 2.04 bits per heavy atom. The Kier molecular flexibility index (Phi) is 3.69. The van der Waals surface area contributed by atoms with Gasteiger partial charge in [0.15, 0.2) is 0 Å². The number of aryl methyl sites for hydroxylation is 2. The van der Waals surface area contributed by atoms with Crippen molar-refractivity contribution in [3.63, 3.8) is 0 Å². The molecule has 6 heteroatoms. The molecule has 1 atom stereocenters. The molecule has 3 heterocycles. The Balaban J connectivity index is 1.75. The number of aromatic nitrogens is 3. The van der Waals surface area contributed by atoms with Crippen LogP contribution in [-0.2, 0) is 13.1 Å². The van der Waals surface area contributed by atoms with Crippen molar-refractivity contribution in [1.82, 2.24) is 19.4 Å². The van der Waals surface area contributed by atoms with Crippen molar-refractivity contribution < 1.29 is 4.79 Å². The Morgan fingerprint density at radius 1 is 1.25 bits per heavy atom. The van der Waals surface area contributed by atoms with Gasteiger partial charge in [0.05, 0.1) is 23.3 Å². The van der Waals surface area contributed by atoms with Crippen LogP contribution < -0.4 is 0 Å². The van der Waals surface area contributed by atoms with E-state index in [4.69, 9.17) is 0 Å². The van der Waals surface area contributed by atoms with Crippen LogP contribution in [0.4, 0.5) is 0 Å². The maximum absolute atomic E-state index is 13.2. The minimum atomic E-state index is 0.00204. The summed E-state index contributed by atoms with van der Waals surface area (Å²) in [7, 11) is 0. The van der Waals surface area contributed by atoms with Crippen molar-refractivity contribution in [3.8, 4) is 0 Å². The summed E-state index contributed by atoms with van der Waals surface area (Å²) in [6, 6.07) is 10.2. The van der Waals surface area contributed by atoms with E-state index in [-0.39, 0.29) is 11.9 Å². The SMILES string of the molecule is Cc1nc(C)c(C(=O)N2Cc3nccn3C[C@@H]2c2ccccc2)s1. The zero-order valence-electron chi connectivity index (χ0n) is 13.6. The number of carbonyl (C=O) groups excluding carboxylic acids is 1. The van der Waals surface area contributed by atoms with Crippen LogP contribution in [0.3, 0.4) is 0 Å². The average molecular weight is 338 g/mol. The van der Waals surface area contributed by atoms with Crippen LogP contribution in [0.15, 0.2) is 42.7 Å². The number of fused-ring (bicyclic) bond motifs is 1. The standard InChI is InChI=1S/C18H18N4OS/c1-12-17(24-13(2)20-12)18(23)22-11-16-19-8-9-21(16)10-15(22)14-6-4-3-5-7-14/h3-9,15H,10-11H2,1-2H3/t15-/m1/s1. The van der Waals surface area contributed by atoms with Gasteiger partial charge in [0.2, 0.25) is 0 Å². The lowest BCUT2D eigenvalue weighted by Gasteiger charge is -2.36. The summed E-state index contributed by atoms with van der Waals surface area (Å²) >= 11 is 1.47. The highest BCUT2D eigenvalue weighted by Gasteiger charge is 2.33. The number of hydrogen-bond acceptors (Lipinski definition) is 4. The molecular formula is C18H18N4OS. The van der Waals surface area contributed by atoms with Gasteiger partial charge in [0.1, 0.15) is 10.7 Å².